The van der Waals surface area contributed by atoms with Crippen molar-refractivity contribution >= 4 is 0 Å². The van der Waals surface area contributed by atoms with Crippen LogP contribution in [-0.4, -0.2) is 43.7 Å². The van der Waals surface area contributed by atoms with Crippen molar-refractivity contribution in [3.63, 3.8) is 0 Å². The van der Waals surface area contributed by atoms with E-state index in [0.29, 0.717) is 11.5 Å². The van der Waals surface area contributed by atoms with Gasteiger partial charge in [0.05, 0.1) is 0 Å². The molecule has 17 heavy (non-hydrogen) atoms. The quantitative estimate of drug-likeness (QED) is 0.692. The van der Waals surface area contributed by atoms with Crippen LogP contribution in [0.15, 0.2) is 0 Å². The van der Waals surface area contributed by atoms with Crippen molar-refractivity contribution in [2.24, 2.45) is 11.1 Å². The van der Waals surface area contributed by atoms with Crippen molar-refractivity contribution in [2.45, 2.75) is 51.5 Å². The van der Waals surface area contributed by atoms with Crippen LogP contribution in [0.2, 0.25) is 0 Å². The number of hydrogen-bond donors (Lipinski definition) is 2. The van der Waals surface area contributed by atoms with E-state index in [4.69, 9.17) is 5.73 Å². The molecule has 2 fully saturated rings. The zero-order chi connectivity index (χ0) is 12.1. The number of rotatable bonds is 6. The van der Waals surface area contributed by atoms with Crippen LogP contribution in [0.1, 0.15) is 45.4 Å². The summed E-state index contributed by atoms with van der Waals surface area (Å²) in [6, 6.07) is 0.456. The van der Waals surface area contributed by atoms with Crippen molar-refractivity contribution in [1.82, 2.24) is 10.2 Å². The van der Waals surface area contributed by atoms with E-state index in [-0.39, 0.29) is 0 Å². The van der Waals surface area contributed by atoms with Crippen LogP contribution in [0.25, 0.3) is 0 Å². The Morgan fingerprint density at radius 3 is 2.53 bits per heavy atom. The lowest BCUT2D eigenvalue weighted by atomic mass is 9.67. The molecule has 0 aromatic rings. The van der Waals surface area contributed by atoms with E-state index in [1.54, 1.807) is 0 Å². The Labute approximate surface area is 106 Å². The van der Waals surface area contributed by atoms with E-state index in [0.717, 1.165) is 6.54 Å². The lowest BCUT2D eigenvalue weighted by molar-refractivity contribution is 0.121. The van der Waals surface area contributed by atoms with Gasteiger partial charge in [0.2, 0.25) is 0 Å². The van der Waals surface area contributed by atoms with Gasteiger partial charge in [0.25, 0.3) is 0 Å². The van der Waals surface area contributed by atoms with Crippen LogP contribution in [0.5, 0.6) is 0 Å². The van der Waals surface area contributed by atoms with Gasteiger partial charge >= 0.3 is 0 Å². The molecule has 0 spiro atoms. The first kappa shape index (κ1) is 13.3. The summed E-state index contributed by atoms with van der Waals surface area (Å²) in [7, 11) is 0. The predicted octanol–water partition coefficient (Wildman–Crippen LogP) is 1.58. The Morgan fingerprint density at radius 2 is 2.00 bits per heavy atom. The van der Waals surface area contributed by atoms with Crippen LogP contribution in [-0.2, 0) is 0 Å². The van der Waals surface area contributed by atoms with Crippen molar-refractivity contribution in [3.05, 3.63) is 0 Å². The molecule has 0 radical (unpaired) electrons. The van der Waals surface area contributed by atoms with Crippen molar-refractivity contribution in [3.8, 4) is 0 Å². The Morgan fingerprint density at radius 1 is 1.29 bits per heavy atom. The molecule has 0 bridgehead atoms. The van der Waals surface area contributed by atoms with Crippen LogP contribution in [0, 0.1) is 5.41 Å². The molecule has 0 unspecified atom stereocenters. The largest absolute Gasteiger partial charge is 0.328 e. The number of hydrogen-bond acceptors (Lipinski definition) is 3. The van der Waals surface area contributed by atoms with Gasteiger partial charge in [-0.3, -0.25) is 0 Å². The first-order valence-corrected chi connectivity index (χ1v) is 7.43. The van der Waals surface area contributed by atoms with Crippen molar-refractivity contribution in [2.75, 3.05) is 32.7 Å². The third-order valence-electron chi connectivity index (χ3n) is 4.90. The van der Waals surface area contributed by atoms with Gasteiger partial charge in [-0.15, -0.1) is 0 Å². The van der Waals surface area contributed by atoms with E-state index in [1.165, 1.54) is 64.7 Å². The van der Waals surface area contributed by atoms with Gasteiger partial charge in [-0.25, -0.2) is 0 Å². The molecule has 1 heterocycles. The zero-order valence-corrected chi connectivity index (χ0v) is 11.4. The number of nitrogens with two attached hydrogens (primary N) is 1. The molecule has 2 rings (SSSR count). The summed E-state index contributed by atoms with van der Waals surface area (Å²) in [5.41, 5.74) is 6.57. The third kappa shape index (κ3) is 3.67. The maximum Gasteiger partial charge on any atom is 0.0107 e. The van der Waals surface area contributed by atoms with E-state index in [1.807, 2.05) is 0 Å². The number of piperidine rings is 1. The summed E-state index contributed by atoms with van der Waals surface area (Å²) in [6.45, 7) is 8.32. The van der Waals surface area contributed by atoms with E-state index in [9.17, 15) is 0 Å². The zero-order valence-electron chi connectivity index (χ0n) is 11.4. The van der Waals surface area contributed by atoms with Crippen LogP contribution in [0.4, 0.5) is 0 Å². The Bertz CT molecular complexity index is 212. The van der Waals surface area contributed by atoms with Crippen molar-refractivity contribution < 1.29 is 0 Å². The molecule has 2 aliphatic rings. The Kier molecular flexibility index (Phi) is 4.83. The Balaban J connectivity index is 1.54. The SMILES string of the molecule is CCC1(CNCCN2CCC(N)CC2)CCC1. The first-order valence-electron chi connectivity index (χ1n) is 7.43. The molecule has 1 aliphatic heterocycles. The highest BCUT2D eigenvalue weighted by atomic mass is 15.1. The maximum absolute atomic E-state index is 5.91. The second-order valence-corrected chi connectivity index (χ2v) is 6.06. The average Bonchev–Trinajstić information content (AvgIpc) is 2.30. The van der Waals surface area contributed by atoms with Gasteiger partial charge in [0.15, 0.2) is 0 Å². The minimum Gasteiger partial charge on any atom is -0.328 e. The first-order chi connectivity index (χ1) is 8.24. The summed E-state index contributed by atoms with van der Waals surface area (Å²) in [6.07, 6.45) is 8.03. The summed E-state index contributed by atoms with van der Waals surface area (Å²) in [5, 5.41) is 3.66. The maximum atomic E-state index is 5.91. The minimum absolute atomic E-state index is 0.456. The normalized spacial score (nSPS) is 25.8. The molecule has 1 saturated heterocycles. The summed E-state index contributed by atoms with van der Waals surface area (Å²) in [5.74, 6) is 0. The van der Waals surface area contributed by atoms with E-state index in [2.05, 4.69) is 17.1 Å². The molecule has 100 valence electrons. The average molecular weight is 239 g/mol. The highest BCUT2D eigenvalue weighted by molar-refractivity contribution is 4.88. The molecule has 0 aromatic carbocycles. The Hall–Kier alpha value is -0.120. The fourth-order valence-electron chi connectivity index (χ4n) is 3.10. The summed E-state index contributed by atoms with van der Waals surface area (Å²) >= 11 is 0. The smallest absolute Gasteiger partial charge is 0.0107 e. The summed E-state index contributed by atoms with van der Waals surface area (Å²) in [4.78, 5) is 2.55. The molecular formula is C14H29N3. The van der Waals surface area contributed by atoms with Crippen LogP contribution >= 0.6 is 0 Å². The molecular weight excluding hydrogens is 210 g/mol. The number of nitrogens with one attached hydrogen (secondary N) is 1. The van der Waals surface area contributed by atoms with Gasteiger partial charge in [0.1, 0.15) is 0 Å². The highest BCUT2D eigenvalue weighted by Crippen LogP contribution is 2.42. The van der Waals surface area contributed by atoms with Crippen LogP contribution < -0.4 is 11.1 Å². The second-order valence-electron chi connectivity index (χ2n) is 6.06. The molecule has 0 aromatic heterocycles. The standard InChI is InChI=1S/C14H29N3/c1-2-14(6-3-7-14)12-16-8-11-17-9-4-13(15)5-10-17/h13,16H,2-12,15H2,1H3. The second kappa shape index (κ2) is 6.17. The van der Waals surface area contributed by atoms with E-state index < -0.39 is 0 Å². The molecule has 0 atom stereocenters. The predicted molar refractivity (Wildman–Crippen MR) is 73.1 cm³/mol. The van der Waals surface area contributed by atoms with Gasteiger partial charge in [-0.05, 0) is 50.6 Å². The molecule has 3 heteroatoms. The molecule has 3 N–H and O–H groups in total. The van der Waals surface area contributed by atoms with Gasteiger partial charge in [0, 0.05) is 25.7 Å². The number of nitrogens with zero attached hydrogens (tertiary/aromatic N) is 1. The minimum atomic E-state index is 0.456. The molecule has 1 saturated carbocycles. The molecule has 1 aliphatic carbocycles. The molecule has 3 nitrogen and oxygen atoms in total. The third-order valence-corrected chi connectivity index (χ3v) is 4.90. The van der Waals surface area contributed by atoms with Gasteiger partial charge in [-0.1, -0.05) is 13.3 Å². The van der Waals surface area contributed by atoms with Gasteiger partial charge < -0.3 is 16.0 Å². The van der Waals surface area contributed by atoms with Gasteiger partial charge in [-0.2, -0.15) is 0 Å². The lowest BCUT2D eigenvalue weighted by Crippen LogP contribution is -2.45. The van der Waals surface area contributed by atoms with Crippen molar-refractivity contribution in [1.29, 1.82) is 0 Å². The monoisotopic (exact) mass is 239 g/mol. The fourth-order valence-corrected chi connectivity index (χ4v) is 3.10. The summed E-state index contributed by atoms with van der Waals surface area (Å²) < 4.78 is 0. The number of likely N-dealkylation sites (tertiary alicyclic amines) is 1. The van der Waals surface area contributed by atoms with E-state index >= 15 is 0 Å². The topological polar surface area (TPSA) is 41.3 Å². The van der Waals surface area contributed by atoms with Crippen LogP contribution in [0.3, 0.4) is 0 Å². The highest BCUT2D eigenvalue weighted by Gasteiger charge is 2.34. The molecule has 0 amide bonds. The fraction of sp³-hybridized carbons (Fsp3) is 1.00. The lowest BCUT2D eigenvalue weighted by Gasteiger charge is -2.41.